The van der Waals surface area contributed by atoms with Gasteiger partial charge in [-0.25, -0.2) is 0 Å². The van der Waals surface area contributed by atoms with Gasteiger partial charge in [0.2, 0.25) is 5.43 Å². The first-order chi connectivity index (χ1) is 8.59. The van der Waals surface area contributed by atoms with Gasteiger partial charge >= 0.3 is 0 Å². The molecule has 6 nitrogen and oxygen atoms in total. The van der Waals surface area contributed by atoms with Crippen LogP contribution in [0, 0.1) is 0 Å². The number of nitrogens with one attached hydrogen (secondary N) is 2. The normalized spacial score (nSPS) is 11.2. The molecular formula is C12H9N3O3. The van der Waals surface area contributed by atoms with Crippen molar-refractivity contribution in [2.75, 3.05) is 0 Å². The first-order valence-electron chi connectivity index (χ1n) is 5.33. The van der Waals surface area contributed by atoms with Gasteiger partial charge < -0.3 is 4.98 Å². The average Bonchev–Trinajstić information content (AvgIpc) is 2.36. The fourth-order valence-corrected chi connectivity index (χ4v) is 2.04. The Kier molecular flexibility index (Phi) is 2.00. The molecule has 6 heteroatoms. The van der Waals surface area contributed by atoms with Crippen LogP contribution < -0.4 is 16.5 Å². The SMILES string of the molecule is Cn1[nH]c(=O)c2[nH]c3ccccc3c(=O)c2c1=O. The van der Waals surface area contributed by atoms with E-state index in [-0.39, 0.29) is 10.9 Å². The van der Waals surface area contributed by atoms with Gasteiger partial charge in [0.1, 0.15) is 10.9 Å². The van der Waals surface area contributed by atoms with E-state index in [0.717, 1.165) is 4.68 Å². The molecule has 0 saturated carbocycles. The Bertz CT molecular complexity index is 947. The number of pyridine rings is 1. The summed E-state index contributed by atoms with van der Waals surface area (Å²) >= 11 is 0. The Morgan fingerprint density at radius 2 is 1.83 bits per heavy atom. The van der Waals surface area contributed by atoms with Crippen molar-refractivity contribution in [3.8, 4) is 0 Å². The zero-order valence-electron chi connectivity index (χ0n) is 9.48. The predicted octanol–water partition coefficient (Wildman–Crippen LogP) is 0.0683. The smallest absolute Gasteiger partial charge is 0.287 e. The third-order valence-corrected chi connectivity index (χ3v) is 2.92. The molecule has 0 radical (unpaired) electrons. The minimum absolute atomic E-state index is 0.0156. The Hall–Kier alpha value is -2.63. The van der Waals surface area contributed by atoms with Gasteiger partial charge in [0.15, 0.2) is 0 Å². The number of rotatable bonds is 0. The predicted molar refractivity (Wildman–Crippen MR) is 67.9 cm³/mol. The van der Waals surface area contributed by atoms with Crippen LogP contribution in [0.3, 0.4) is 0 Å². The Balaban J connectivity index is 2.79. The summed E-state index contributed by atoms with van der Waals surface area (Å²) in [6.45, 7) is 0. The largest absolute Gasteiger partial charge is 0.350 e. The highest BCUT2D eigenvalue weighted by molar-refractivity contribution is 5.91. The fraction of sp³-hybridized carbons (Fsp3) is 0.0833. The standard InChI is InChI=1S/C12H9N3O3/c1-15-12(18)8-9(11(17)14-15)13-7-5-3-2-4-6(7)10(8)16/h2-5H,1H3,(H,13,16)(H,14,17). The van der Waals surface area contributed by atoms with E-state index in [1.807, 2.05) is 0 Å². The van der Waals surface area contributed by atoms with Crippen molar-refractivity contribution in [3.63, 3.8) is 0 Å². The first-order valence-corrected chi connectivity index (χ1v) is 5.33. The number of hydrogen-bond acceptors (Lipinski definition) is 3. The maximum absolute atomic E-state index is 12.2. The number of aromatic nitrogens is 3. The molecule has 90 valence electrons. The van der Waals surface area contributed by atoms with Gasteiger partial charge in [-0.05, 0) is 12.1 Å². The molecule has 3 aromatic rings. The average molecular weight is 243 g/mol. The van der Waals surface area contributed by atoms with Gasteiger partial charge in [-0.15, -0.1) is 0 Å². The summed E-state index contributed by atoms with van der Waals surface area (Å²) in [6, 6.07) is 6.77. The number of para-hydroxylation sites is 1. The molecule has 2 heterocycles. The molecule has 0 atom stereocenters. The Labute approximate surface area is 99.5 Å². The second kappa shape index (κ2) is 3.43. The highest BCUT2D eigenvalue weighted by Crippen LogP contribution is 2.08. The lowest BCUT2D eigenvalue weighted by molar-refractivity contribution is 0.702. The molecule has 18 heavy (non-hydrogen) atoms. The van der Waals surface area contributed by atoms with Crippen LogP contribution in [0.15, 0.2) is 38.6 Å². The van der Waals surface area contributed by atoms with Crippen molar-refractivity contribution in [2.45, 2.75) is 0 Å². The second-order valence-corrected chi connectivity index (χ2v) is 4.05. The summed E-state index contributed by atoms with van der Waals surface area (Å²) in [7, 11) is 1.40. The van der Waals surface area contributed by atoms with E-state index in [1.165, 1.54) is 7.05 Å². The molecule has 0 unspecified atom stereocenters. The van der Waals surface area contributed by atoms with Crippen LogP contribution in [0.5, 0.6) is 0 Å². The quantitative estimate of drug-likeness (QED) is 0.547. The first kappa shape index (κ1) is 10.5. The fourth-order valence-electron chi connectivity index (χ4n) is 2.04. The van der Waals surface area contributed by atoms with Crippen LogP contribution in [-0.2, 0) is 7.05 Å². The molecule has 0 aliphatic rings. The van der Waals surface area contributed by atoms with Crippen LogP contribution >= 0.6 is 0 Å². The van der Waals surface area contributed by atoms with Gasteiger partial charge in [0.25, 0.3) is 11.1 Å². The van der Waals surface area contributed by atoms with Crippen molar-refractivity contribution in [2.24, 2.45) is 7.05 Å². The highest BCUT2D eigenvalue weighted by atomic mass is 16.2. The lowest BCUT2D eigenvalue weighted by atomic mass is 10.1. The molecule has 0 aliphatic carbocycles. The summed E-state index contributed by atoms with van der Waals surface area (Å²) in [5, 5.41) is 2.64. The maximum atomic E-state index is 12.2. The van der Waals surface area contributed by atoms with Crippen LogP contribution in [-0.4, -0.2) is 14.8 Å². The molecule has 0 saturated heterocycles. The molecule has 2 N–H and O–H groups in total. The monoisotopic (exact) mass is 243 g/mol. The van der Waals surface area contributed by atoms with Crippen LogP contribution in [0.1, 0.15) is 0 Å². The number of hydrogen-bond donors (Lipinski definition) is 2. The molecule has 0 fully saturated rings. The van der Waals surface area contributed by atoms with E-state index in [0.29, 0.717) is 10.9 Å². The van der Waals surface area contributed by atoms with Crippen LogP contribution in [0.25, 0.3) is 21.8 Å². The van der Waals surface area contributed by atoms with Crippen molar-refractivity contribution >= 4 is 21.8 Å². The zero-order chi connectivity index (χ0) is 12.9. The third-order valence-electron chi connectivity index (χ3n) is 2.92. The van der Waals surface area contributed by atoms with E-state index in [9.17, 15) is 14.4 Å². The number of benzene rings is 1. The van der Waals surface area contributed by atoms with Crippen LogP contribution in [0.2, 0.25) is 0 Å². The summed E-state index contributed by atoms with van der Waals surface area (Å²) in [5.41, 5.74) is -0.881. The minimum atomic E-state index is -0.517. The lowest BCUT2D eigenvalue weighted by Crippen LogP contribution is -2.31. The number of aryl methyl sites for hydroxylation is 1. The summed E-state index contributed by atoms with van der Waals surface area (Å²) in [5.74, 6) is 0. The van der Waals surface area contributed by atoms with Gasteiger partial charge in [-0.1, -0.05) is 12.1 Å². The molecule has 0 spiro atoms. The summed E-state index contributed by atoms with van der Waals surface area (Å²) in [6.07, 6.45) is 0. The van der Waals surface area contributed by atoms with Crippen molar-refractivity contribution in [1.82, 2.24) is 14.8 Å². The van der Waals surface area contributed by atoms with Gasteiger partial charge in [-0.3, -0.25) is 24.2 Å². The van der Waals surface area contributed by atoms with E-state index < -0.39 is 16.5 Å². The lowest BCUT2D eigenvalue weighted by Gasteiger charge is -2.03. The topological polar surface area (TPSA) is 87.7 Å². The molecule has 1 aromatic carbocycles. The van der Waals surface area contributed by atoms with Gasteiger partial charge in [-0.2, -0.15) is 0 Å². The summed E-state index contributed by atoms with van der Waals surface area (Å²) < 4.78 is 1.01. The highest BCUT2D eigenvalue weighted by Gasteiger charge is 2.12. The van der Waals surface area contributed by atoms with Gasteiger partial charge in [0, 0.05) is 18.0 Å². The molecule has 0 aliphatic heterocycles. The van der Waals surface area contributed by atoms with Crippen molar-refractivity contribution in [1.29, 1.82) is 0 Å². The molecule has 2 aromatic heterocycles. The van der Waals surface area contributed by atoms with E-state index >= 15 is 0 Å². The molecule has 0 bridgehead atoms. The number of nitrogens with zero attached hydrogens (tertiary/aromatic N) is 1. The number of fused-ring (bicyclic) bond motifs is 2. The van der Waals surface area contributed by atoms with E-state index in [1.54, 1.807) is 24.3 Å². The van der Waals surface area contributed by atoms with E-state index in [2.05, 4.69) is 10.1 Å². The third kappa shape index (κ3) is 1.26. The Morgan fingerprint density at radius 1 is 1.11 bits per heavy atom. The minimum Gasteiger partial charge on any atom is -0.350 e. The number of aromatic amines is 2. The maximum Gasteiger partial charge on any atom is 0.287 e. The Morgan fingerprint density at radius 3 is 2.61 bits per heavy atom. The zero-order valence-corrected chi connectivity index (χ0v) is 9.48. The summed E-state index contributed by atoms with van der Waals surface area (Å²) in [4.78, 5) is 38.7. The molecule has 3 rings (SSSR count). The second-order valence-electron chi connectivity index (χ2n) is 4.05. The van der Waals surface area contributed by atoms with Crippen molar-refractivity contribution in [3.05, 3.63) is 55.2 Å². The molecular weight excluding hydrogens is 234 g/mol. The van der Waals surface area contributed by atoms with Gasteiger partial charge in [0.05, 0.1) is 0 Å². The number of H-pyrrole nitrogens is 2. The van der Waals surface area contributed by atoms with Crippen molar-refractivity contribution < 1.29 is 0 Å². The molecule has 0 amide bonds. The van der Waals surface area contributed by atoms with E-state index in [4.69, 9.17) is 0 Å². The van der Waals surface area contributed by atoms with Crippen LogP contribution in [0.4, 0.5) is 0 Å².